The Kier molecular flexibility index (Phi) is 4.64. The Bertz CT molecular complexity index is 844. The van der Waals surface area contributed by atoms with E-state index in [1.807, 2.05) is 37.4 Å². The standard InChI is InChI=1S/C17H23N3O3S/c1-2-20(13-7-8-24(22,23)11-13)17(21)15(18)9-12-10-19-16-6-4-3-5-14(12)16/h3-6,10,13,15,19H,2,7-9,11,18H2,1H3/t13?,15-/m0/s1. The Labute approximate surface area is 141 Å². The lowest BCUT2D eigenvalue weighted by Crippen LogP contribution is -2.49. The third-order valence-electron chi connectivity index (χ3n) is 4.70. The second-order valence-corrected chi connectivity index (χ2v) is 8.58. The van der Waals surface area contributed by atoms with Crippen molar-refractivity contribution in [2.45, 2.75) is 31.8 Å². The lowest BCUT2D eigenvalue weighted by Gasteiger charge is -2.29. The van der Waals surface area contributed by atoms with Gasteiger partial charge in [0.25, 0.3) is 0 Å². The van der Waals surface area contributed by atoms with Crippen LogP contribution in [-0.2, 0) is 21.1 Å². The van der Waals surface area contributed by atoms with Gasteiger partial charge in [-0.25, -0.2) is 8.42 Å². The second kappa shape index (κ2) is 6.57. The van der Waals surface area contributed by atoms with Crippen molar-refractivity contribution in [2.24, 2.45) is 5.73 Å². The zero-order chi connectivity index (χ0) is 17.3. The van der Waals surface area contributed by atoms with Crippen LogP contribution in [0, 0.1) is 0 Å². The Morgan fingerprint density at radius 3 is 2.83 bits per heavy atom. The molecule has 1 aliphatic rings. The van der Waals surface area contributed by atoms with E-state index in [1.54, 1.807) is 4.90 Å². The highest BCUT2D eigenvalue weighted by Crippen LogP contribution is 2.21. The van der Waals surface area contributed by atoms with Crippen LogP contribution in [0.25, 0.3) is 10.9 Å². The number of H-pyrrole nitrogens is 1. The first-order valence-electron chi connectivity index (χ1n) is 8.22. The van der Waals surface area contributed by atoms with Crippen LogP contribution in [0.15, 0.2) is 30.5 Å². The number of amides is 1. The molecular weight excluding hydrogens is 326 g/mol. The van der Waals surface area contributed by atoms with Crippen molar-refractivity contribution in [1.29, 1.82) is 0 Å². The van der Waals surface area contributed by atoms with Crippen molar-refractivity contribution < 1.29 is 13.2 Å². The molecule has 1 saturated heterocycles. The maximum Gasteiger partial charge on any atom is 0.240 e. The fraction of sp³-hybridized carbons (Fsp3) is 0.471. The van der Waals surface area contributed by atoms with E-state index in [0.29, 0.717) is 19.4 Å². The molecule has 3 rings (SSSR count). The fourth-order valence-corrected chi connectivity index (χ4v) is 5.18. The monoisotopic (exact) mass is 349 g/mol. The van der Waals surface area contributed by atoms with Crippen LogP contribution in [0.1, 0.15) is 18.9 Å². The molecule has 0 bridgehead atoms. The average molecular weight is 349 g/mol. The molecule has 3 N–H and O–H groups in total. The molecule has 24 heavy (non-hydrogen) atoms. The smallest absolute Gasteiger partial charge is 0.240 e. The first-order chi connectivity index (χ1) is 11.4. The Morgan fingerprint density at radius 2 is 2.17 bits per heavy atom. The van der Waals surface area contributed by atoms with Crippen LogP contribution in [0.4, 0.5) is 0 Å². The summed E-state index contributed by atoms with van der Waals surface area (Å²) in [6.45, 7) is 2.34. The molecule has 2 aromatic rings. The van der Waals surface area contributed by atoms with Gasteiger partial charge in [0.15, 0.2) is 9.84 Å². The van der Waals surface area contributed by atoms with Gasteiger partial charge in [-0.3, -0.25) is 4.79 Å². The summed E-state index contributed by atoms with van der Waals surface area (Å²) in [5.74, 6) is 0.0239. The molecule has 1 aliphatic heterocycles. The van der Waals surface area contributed by atoms with Gasteiger partial charge in [0.05, 0.1) is 17.5 Å². The number of hydrogen-bond donors (Lipinski definition) is 2. The minimum Gasteiger partial charge on any atom is -0.361 e. The number of fused-ring (bicyclic) bond motifs is 1. The highest BCUT2D eigenvalue weighted by Gasteiger charge is 2.35. The highest BCUT2D eigenvalue weighted by atomic mass is 32.2. The normalized spacial score (nSPS) is 21.0. The maximum atomic E-state index is 12.7. The minimum absolute atomic E-state index is 0.0480. The van der Waals surface area contributed by atoms with Crippen molar-refractivity contribution in [3.8, 4) is 0 Å². The molecule has 2 heterocycles. The lowest BCUT2D eigenvalue weighted by atomic mass is 10.0. The molecule has 1 aromatic heterocycles. The van der Waals surface area contributed by atoms with Crippen molar-refractivity contribution in [1.82, 2.24) is 9.88 Å². The Balaban J connectivity index is 1.73. The molecule has 1 fully saturated rings. The summed E-state index contributed by atoms with van der Waals surface area (Å²) in [6, 6.07) is 6.96. The number of hydrogen-bond acceptors (Lipinski definition) is 4. The molecule has 1 unspecified atom stereocenters. The summed E-state index contributed by atoms with van der Waals surface area (Å²) >= 11 is 0. The largest absolute Gasteiger partial charge is 0.361 e. The zero-order valence-electron chi connectivity index (χ0n) is 13.7. The van der Waals surface area contributed by atoms with Gasteiger partial charge in [0, 0.05) is 29.7 Å². The van der Waals surface area contributed by atoms with E-state index in [9.17, 15) is 13.2 Å². The van der Waals surface area contributed by atoms with Crippen LogP contribution in [-0.4, -0.2) is 54.3 Å². The van der Waals surface area contributed by atoms with Crippen molar-refractivity contribution in [2.75, 3.05) is 18.1 Å². The van der Waals surface area contributed by atoms with E-state index in [1.165, 1.54) is 0 Å². The molecule has 0 radical (unpaired) electrons. The van der Waals surface area contributed by atoms with Crippen molar-refractivity contribution in [3.63, 3.8) is 0 Å². The number of sulfone groups is 1. The SMILES string of the molecule is CCN(C(=O)[C@@H](N)Cc1c[nH]c2ccccc12)C1CCS(=O)(=O)C1. The minimum atomic E-state index is -3.03. The molecular formula is C17H23N3O3S. The Hall–Kier alpha value is -1.86. The number of carbonyl (C=O) groups excluding carboxylic acids is 1. The van der Waals surface area contributed by atoms with E-state index in [4.69, 9.17) is 5.73 Å². The van der Waals surface area contributed by atoms with Crippen LogP contribution in [0.2, 0.25) is 0 Å². The molecule has 2 atom stereocenters. The van der Waals surface area contributed by atoms with Gasteiger partial charge in [-0.15, -0.1) is 0 Å². The number of para-hydroxylation sites is 1. The molecule has 6 nitrogen and oxygen atoms in total. The number of likely N-dealkylation sites (N-methyl/N-ethyl adjacent to an activating group) is 1. The van der Waals surface area contributed by atoms with E-state index < -0.39 is 15.9 Å². The summed E-state index contributed by atoms with van der Waals surface area (Å²) in [4.78, 5) is 17.5. The topological polar surface area (TPSA) is 96.3 Å². The van der Waals surface area contributed by atoms with Gasteiger partial charge in [-0.1, -0.05) is 18.2 Å². The number of benzene rings is 1. The summed E-state index contributed by atoms with van der Waals surface area (Å²) in [6.07, 6.45) is 2.81. The number of aromatic nitrogens is 1. The average Bonchev–Trinajstić information content (AvgIpc) is 3.12. The van der Waals surface area contributed by atoms with E-state index in [0.717, 1.165) is 16.5 Å². The van der Waals surface area contributed by atoms with E-state index in [2.05, 4.69) is 4.98 Å². The van der Waals surface area contributed by atoms with Gasteiger partial charge < -0.3 is 15.6 Å². The number of nitrogens with one attached hydrogen (secondary N) is 1. The summed E-state index contributed by atoms with van der Waals surface area (Å²) in [7, 11) is -3.03. The molecule has 0 spiro atoms. The maximum absolute atomic E-state index is 12.7. The number of nitrogens with zero attached hydrogens (tertiary/aromatic N) is 1. The number of carbonyl (C=O) groups is 1. The summed E-state index contributed by atoms with van der Waals surface area (Å²) in [5.41, 5.74) is 8.17. The van der Waals surface area contributed by atoms with Crippen molar-refractivity contribution in [3.05, 3.63) is 36.0 Å². The number of rotatable bonds is 5. The summed E-state index contributed by atoms with van der Waals surface area (Å²) < 4.78 is 23.4. The van der Waals surface area contributed by atoms with Gasteiger partial charge in [0.2, 0.25) is 5.91 Å². The van der Waals surface area contributed by atoms with Gasteiger partial charge in [0.1, 0.15) is 0 Å². The fourth-order valence-electron chi connectivity index (χ4n) is 3.45. The number of aromatic amines is 1. The van der Waals surface area contributed by atoms with Crippen LogP contribution in [0.3, 0.4) is 0 Å². The molecule has 1 aromatic carbocycles. The molecule has 7 heteroatoms. The third-order valence-corrected chi connectivity index (χ3v) is 6.46. The second-order valence-electron chi connectivity index (χ2n) is 6.35. The van der Waals surface area contributed by atoms with E-state index in [-0.39, 0.29) is 23.5 Å². The predicted molar refractivity (Wildman–Crippen MR) is 94.4 cm³/mol. The number of nitrogens with two attached hydrogens (primary N) is 1. The van der Waals surface area contributed by atoms with Crippen LogP contribution >= 0.6 is 0 Å². The van der Waals surface area contributed by atoms with Gasteiger partial charge in [-0.05, 0) is 31.4 Å². The molecule has 130 valence electrons. The van der Waals surface area contributed by atoms with Crippen LogP contribution in [0.5, 0.6) is 0 Å². The highest BCUT2D eigenvalue weighted by molar-refractivity contribution is 7.91. The quantitative estimate of drug-likeness (QED) is 0.844. The third kappa shape index (κ3) is 3.32. The first kappa shape index (κ1) is 17.0. The lowest BCUT2D eigenvalue weighted by molar-refractivity contribution is -0.134. The van der Waals surface area contributed by atoms with Crippen LogP contribution < -0.4 is 5.73 Å². The molecule has 1 amide bonds. The molecule has 0 saturated carbocycles. The molecule has 0 aliphatic carbocycles. The van der Waals surface area contributed by atoms with Gasteiger partial charge >= 0.3 is 0 Å². The predicted octanol–water partition coefficient (Wildman–Crippen LogP) is 1.07. The van der Waals surface area contributed by atoms with E-state index >= 15 is 0 Å². The van der Waals surface area contributed by atoms with Crippen molar-refractivity contribution >= 4 is 26.6 Å². The van der Waals surface area contributed by atoms with Gasteiger partial charge in [-0.2, -0.15) is 0 Å². The Morgan fingerprint density at radius 1 is 1.42 bits per heavy atom. The first-order valence-corrected chi connectivity index (χ1v) is 10.0. The zero-order valence-corrected chi connectivity index (χ0v) is 14.6. The summed E-state index contributed by atoms with van der Waals surface area (Å²) in [5, 5.41) is 1.06.